The number of Topliss-reactive ketones (excluding diaryl/α,β-unsaturated/α-hetero) is 1. The van der Waals surface area contributed by atoms with E-state index in [1.54, 1.807) is 0 Å². The highest BCUT2D eigenvalue weighted by Crippen LogP contribution is 2.14. The molecule has 0 spiro atoms. The second kappa shape index (κ2) is 22.5. The van der Waals surface area contributed by atoms with Gasteiger partial charge in [0.25, 0.3) is 0 Å². The Labute approximate surface area is 220 Å². The van der Waals surface area contributed by atoms with Crippen LogP contribution in [0.1, 0.15) is 90.9 Å². The SMILES string of the molecule is CCCCCCCCCCC[C@@H](O)CC(=O)OCCSC[C@H](NC(C)=O)C(=O)C[C@@H](CO)C(=O)OC. The first-order valence-corrected chi connectivity index (χ1v) is 14.3. The largest absolute Gasteiger partial charge is 0.469 e. The van der Waals surface area contributed by atoms with E-state index < -0.39 is 42.4 Å². The zero-order valence-corrected chi connectivity index (χ0v) is 23.1. The number of thioether (sulfide) groups is 1. The molecule has 0 radical (unpaired) electrons. The van der Waals surface area contributed by atoms with E-state index in [0.29, 0.717) is 12.2 Å². The van der Waals surface area contributed by atoms with Crippen molar-refractivity contribution < 1.29 is 38.9 Å². The molecule has 10 heteroatoms. The topological polar surface area (TPSA) is 139 Å². The van der Waals surface area contributed by atoms with Gasteiger partial charge in [-0.25, -0.2) is 0 Å². The van der Waals surface area contributed by atoms with E-state index in [1.165, 1.54) is 64.3 Å². The molecule has 0 unspecified atom stereocenters. The van der Waals surface area contributed by atoms with Crippen LogP contribution in [-0.2, 0) is 28.7 Å². The zero-order chi connectivity index (χ0) is 27.2. The van der Waals surface area contributed by atoms with E-state index in [9.17, 15) is 29.4 Å². The molecule has 0 heterocycles. The van der Waals surface area contributed by atoms with Gasteiger partial charge in [0.05, 0.1) is 38.2 Å². The molecule has 0 aliphatic rings. The molecule has 36 heavy (non-hydrogen) atoms. The molecule has 0 aromatic rings. The van der Waals surface area contributed by atoms with Gasteiger partial charge >= 0.3 is 11.9 Å². The van der Waals surface area contributed by atoms with E-state index in [0.717, 1.165) is 19.3 Å². The number of carbonyl (C=O) groups is 4. The highest BCUT2D eigenvalue weighted by molar-refractivity contribution is 7.99. The summed E-state index contributed by atoms with van der Waals surface area (Å²) in [6, 6.07) is -0.833. The van der Waals surface area contributed by atoms with Crippen molar-refractivity contribution in [3.05, 3.63) is 0 Å². The predicted octanol–water partition coefficient (Wildman–Crippen LogP) is 3.18. The van der Waals surface area contributed by atoms with Gasteiger partial charge in [-0.3, -0.25) is 19.2 Å². The highest BCUT2D eigenvalue weighted by Gasteiger charge is 2.27. The monoisotopic (exact) mass is 533 g/mol. The molecule has 0 fully saturated rings. The molecular weight excluding hydrogens is 486 g/mol. The Morgan fingerprint density at radius 1 is 0.944 bits per heavy atom. The lowest BCUT2D eigenvalue weighted by Crippen LogP contribution is -2.43. The number of hydrogen-bond acceptors (Lipinski definition) is 9. The van der Waals surface area contributed by atoms with Gasteiger partial charge in [-0.1, -0.05) is 64.7 Å². The summed E-state index contributed by atoms with van der Waals surface area (Å²) < 4.78 is 9.74. The molecule has 210 valence electrons. The number of carbonyl (C=O) groups excluding carboxylic acids is 4. The second-order valence-electron chi connectivity index (χ2n) is 9.10. The third-order valence-electron chi connectivity index (χ3n) is 5.79. The van der Waals surface area contributed by atoms with Crippen LogP contribution in [0, 0.1) is 5.92 Å². The number of methoxy groups -OCH3 is 1. The van der Waals surface area contributed by atoms with Crippen LogP contribution in [0.15, 0.2) is 0 Å². The number of aliphatic hydroxyl groups excluding tert-OH is 2. The number of ether oxygens (including phenoxy) is 2. The molecule has 3 atom stereocenters. The number of rotatable bonds is 23. The van der Waals surface area contributed by atoms with Crippen molar-refractivity contribution in [3.8, 4) is 0 Å². The Bertz CT molecular complexity index is 631. The van der Waals surface area contributed by atoms with Crippen LogP contribution in [0.25, 0.3) is 0 Å². The summed E-state index contributed by atoms with van der Waals surface area (Å²) in [4.78, 5) is 47.5. The van der Waals surface area contributed by atoms with Crippen molar-refractivity contribution in [1.29, 1.82) is 0 Å². The van der Waals surface area contributed by atoms with Crippen LogP contribution in [0.4, 0.5) is 0 Å². The van der Waals surface area contributed by atoms with E-state index >= 15 is 0 Å². The number of hydrogen-bond donors (Lipinski definition) is 3. The van der Waals surface area contributed by atoms with Crippen LogP contribution >= 0.6 is 11.8 Å². The minimum absolute atomic E-state index is 0.0369. The summed E-state index contributed by atoms with van der Waals surface area (Å²) in [5.74, 6) is -2.27. The van der Waals surface area contributed by atoms with Crippen molar-refractivity contribution in [3.63, 3.8) is 0 Å². The Hall–Kier alpha value is -1.65. The molecule has 0 saturated heterocycles. The van der Waals surface area contributed by atoms with Gasteiger partial charge < -0.3 is 25.0 Å². The second-order valence-corrected chi connectivity index (χ2v) is 10.2. The Balaban J connectivity index is 4.07. The summed E-state index contributed by atoms with van der Waals surface area (Å²) in [5.41, 5.74) is 0. The van der Waals surface area contributed by atoms with Crippen LogP contribution in [-0.4, -0.2) is 77.8 Å². The maximum Gasteiger partial charge on any atom is 0.311 e. The van der Waals surface area contributed by atoms with Crippen molar-refractivity contribution in [2.24, 2.45) is 5.92 Å². The fourth-order valence-electron chi connectivity index (χ4n) is 3.69. The molecule has 3 N–H and O–H groups in total. The summed E-state index contributed by atoms with van der Waals surface area (Å²) in [5, 5.41) is 21.9. The quantitative estimate of drug-likeness (QED) is 0.133. The number of nitrogens with one attached hydrogen (secondary N) is 1. The Morgan fingerprint density at radius 3 is 2.11 bits per heavy atom. The molecule has 0 aromatic heterocycles. The standard InChI is InChI=1S/C26H47NO8S/c1-4-5-6-7-8-9-10-11-12-13-22(30)17-25(32)35-14-15-36-19-23(27-20(2)29)24(31)16-21(18-28)26(33)34-3/h21-23,28,30H,4-19H2,1-3H3,(H,27,29)/t21-,22+,23-/m0/s1. The first kappa shape index (κ1) is 34.4. The van der Waals surface area contributed by atoms with Crippen molar-refractivity contribution in [2.75, 3.05) is 31.8 Å². The molecule has 9 nitrogen and oxygen atoms in total. The summed E-state index contributed by atoms with van der Waals surface area (Å²) in [6.45, 7) is 3.09. The number of amides is 1. The lowest BCUT2D eigenvalue weighted by atomic mass is 10.00. The first-order valence-electron chi connectivity index (χ1n) is 13.1. The third kappa shape index (κ3) is 18.6. The summed E-state index contributed by atoms with van der Waals surface area (Å²) in [6.07, 6.45) is 10.4. The van der Waals surface area contributed by atoms with Gasteiger partial charge in [0, 0.05) is 24.9 Å². The third-order valence-corrected chi connectivity index (χ3v) is 6.81. The molecule has 0 saturated carbocycles. The van der Waals surface area contributed by atoms with E-state index in [-0.39, 0.29) is 31.1 Å². The summed E-state index contributed by atoms with van der Waals surface area (Å²) >= 11 is 1.31. The minimum atomic E-state index is -0.980. The first-order chi connectivity index (χ1) is 17.2. The molecule has 0 aromatic carbocycles. The van der Waals surface area contributed by atoms with Gasteiger partial charge in [0.1, 0.15) is 6.61 Å². The molecule has 0 aliphatic carbocycles. The number of ketones is 1. The zero-order valence-electron chi connectivity index (χ0n) is 22.3. The summed E-state index contributed by atoms with van der Waals surface area (Å²) in [7, 11) is 1.17. The maximum absolute atomic E-state index is 12.5. The van der Waals surface area contributed by atoms with Gasteiger partial charge in [-0.2, -0.15) is 11.8 Å². The highest BCUT2D eigenvalue weighted by atomic mass is 32.2. The fraction of sp³-hybridized carbons (Fsp3) is 0.846. The van der Waals surface area contributed by atoms with Gasteiger partial charge in [-0.15, -0.1) is 0 Å². The number of unbranched alkanes of at least 4 members (excludes halogenated alkanes) is 8. The fourth-order valence-corrected chi connectivity index (χ4v) is 4.57. The molecule has 0 aliphatic heterocycles. The lowest BCUT2D eigenvalue weighted by molar-refractivity contribution is -0.148. The maximum atomic E-state index is 12.5. The Morgan fingerprint density at radius 2 is 1.56 bits per heavy atom. The average molecular weight is 534 g/mol. The predicted molar refractivity (Wildman–Crippen MR) is 141 cm³/mol. The van der Waals surface area contributed by atoms with Gasteiger partial charge in [0.2, 0.25) is 5.91 Å². The smallest absolute Gasteiger partial charge is 0.311 e. The van der Waals surface area contributed by atoms with Crippen molar-refractivity contribution >= 4 is 35.4 Å². The lowest BCUT2D eigenvalue weighted by Gasteiger charge is -2.19. The van der Waals surface area contributed by atoms with Gasteiger partial charge in [-0.05, 0) is 6.42 Å². The molecule has 0 bridgehead atoms. The Kier molecular flexibility index (Phi) is 21.5. The average Bonchev–Trinajstić information content (AvgIpc) is 2.84. The van der Waals surface area contributed by atoms with Crippen LogP contribution < -0.4 is 5.32 Å². The van der Waals surface area contributed by atoms with Crippen LogP contribution in [0.5, 0.6) is 0 Å². The van der Waals surface area contributed by atoms with Crippen molar-refractivity contribution in [1.82, 2.24) is 5.32 Å². The molecule has 0 rings (SSSR count). The van der Waals surface area contributed by atoms with E-state index in [2.05, 4.69) is 17.0 Å². The molecular formula is C26H47NO8S. The van der Waals surface area contributed by atoms with Crippen LogP contribution in [0.2, 0.25) is 0 Å². The van der Waals surface area contributed by atoms with Gasteiger partial charge in [0.15, 0.2) is 5.78 Å². The number of esters is 2. The van der Waals surface area contributed by atoms with Crippen molar-refractivity contribution in [2.45, 2.75) is 103 Å². The number of aliphatic hydroxyl groups is 2. The normalized spacial score (nSPS) is 13.5. The van der Waals surface area contributed by atoms with E-state index in [4.69, 9.17) is 4.74 Å². The van der Waals surface area contributed by atoms with E-state index in [1.807, 2.05) is 0 Å². The molecule has 1 amide bonds. The minimum Gasteiger partial charge on any atom is -0.469 e. The van der Waals surface area contributed by atoms with Crippen LogP contribution in [0.3, 0.4) is 0 Å².